The summed E-state index contributed by atoms with van der Waals surface area (Å²) in [6.07, 6.45) is 0.851. The number of thioether (sulfide) groups is 1. The molecule has 0 unspecified atom stereocenters. The van der Waals surface area contributed by atoms with Crippen LogP contribution in [0.3, 0.4) is 0 Å². The summed E-state index contributed by atoms with van der Waals surface area (Å²) >= 11 is 1.39. The van der Waals surface area contributed by atoms with Crippen molar-refractivity contribution in [1.29, 1.82) is 0 Å². The molecule has 1 aliphatic heterocycles. The quantitative estimate of drug-likeness (QED) is 0.440. The Bertz CT molecular complexity index is 1290. The van der Waals surface area contributed by atoms with Gasteiger partial charge in [-0.05, 0) is 60.5 Å². The Labute approximate surface area is 199 Å². The molecule has 172 valence electrons. The summed E-state index contributed by atoms with van der Waals surface area (Å²) in [5.41, 5.74) is 1.81. The van der Waals surface area contributed by atoms with E-state index in [0.29, 0.717) is 12.2 Å². The fraction of sp³-hybridized carbons (Fsp3) is 0.120. The predicted octanol–water partition coefficient (Wildman–Crippen LogP) is 4.02. The molecule has 0 fully saturated rings. The fourth-order valence-corrected chi connectivity index (χ4v) is 4.48. The zero-order chi connectivity index (χ0) is 24.2. The summed E-state index contributed by atoms with van der Waals surface area (Å²) in [5, 5.41) is 21.0. The number of carboxylic acid groups (broad SMARTS) is 2. The van der Waals surface area contributed by atoms with Gasteiger partial charge in [0.2, 0.25) is 5.91 Å². The molecule has 8 nitrogen and oxygen atoms in total. The summed E-state index contributed by atoms with van der Waals surface area (Å²) < 4.78 is 0. The molecule has 34 heavy (non-hydrogen) atoms. The molecular formula is C25H20N2O6S. The third kappa shape index (κ3) is 4.94. The van der Waals surface area contributed by atoms with Crippen LogP contribution in [-0.4, -0.2) is 46.3 Å². The van der Waals surface area contributed by atoms with Gasteiger partial charge < -0.3 is 20.4 Å². The number of carbonyl (C=O) groups excluding carboxylic acids is 2. The highest BCUT2D eigenvalue weighted by Gasteiger charge is 2.24. The Morgan fingerprint density at radius 3 is 2.32 bits per heavy atom. The number of benzene rings is 3. The van der Waals surface area contributed by atoms with E-state index in [2.05, 4.69) is 5.32 Å². The van der Waals surface area contributed by atoms with Gasteiger partial charge in [0.05, 0.1) is 22.4 Å². The first-order chi connectivity index (χ1) is 16.3. The number of para-hydroxylation sites is 1. The van der Waals surface area contributed by atoms with Gasteiger partial charge in [-0.25, -0.2) is 9.59 Å². The lowest BCUT2D eigenvalue weighted by atomic mass is 10.0. The maximum absolute atomic E-state index is 12.7. The van der Waals surface area contributed by atoms with E-state index in [1.807, 2.05) is 24.3 Å². The van der Waals surface area contributed by atoms with Crippen LogP contribution in [0.25, 0.3) is 0 Å². The van der Waals surface area contributed by atoms with Crippen molar-refractivity contribution >= 4 is 46.9 Å². The normalized spacial score (nSPS) is 12.2. The van der Waals surface area contributed by atoms with Gasteiger partial charge in [-0.3, -0.25) is 9.59 Å². The standard InChI is InChI=1S/C25H20N2O6S/c28-22(27-12-11-15-3-1-2-4-21(15)27)14-34-18-8-6-17(7-9-18)26-23(29)19-10-5-16(24(30)31)13-20(19)25(32)33/h1-10,13H,11-12,14H2,(H,26,29)(H,30,31)(H,32,33). The van der Waals surface area contributed by atoms with Gasteiger partial charge in [-0.2, -0.15) is 0 Å². The van der Waals surface area contributed by atoms with Crippen molar-refractivity contribution in [3.8, 4) is 0 Å². The van der Waals surface area contributed by atoms with Crippen molar-refractivity contribution in [1.82, 2.24) is 0 Å². The molecule has 0 atom stereocenters. The van der Waals surface area contributed by atoms with Crippen LogP contribution in [0.1, 0.15) is 36.6 Å². The zero-order valence-corrected chi connectivity index (χ0v) is 18.7. The number of anilines is 2. The molecular weight excluding hydrogens is 456 g/mol. The Morgan fingerprint density at radius 2 is 1.62 bits per heavy atom. The third-order valence-corrected chi connectivity index (χ3v) is 6.40. The van der Waals surface area contributed by atoms with Crippen LogP contribution in [0.5, 0.6) is 0 Å². The van der Waals surface area contributed by atoms with Gasteiger partial charge in [0.1, 0.15) is 0 Å². The van der Waals surface area contributed by atoms with Crippen molar-refractivity contribution in [3.63, 3.8) is 0 Å². The Hall–Kier alpha value is -4.11. The number of carboxylic acids is 2. The van der Waals surface area contributed by atoms with Crippen molar-refractivity contribution in [2.24, 2.45) is 0 Å². The molecule has 0 aliphatic carbocycles. The second-order valence-corrected chi connectivity index (χ2v) is 8.61. The van der Waals surface area contributed by atoms with Gasteiger partial charge in [0.25, 0.3) is 5.91 Å². The van der Waals surface area contributed by atoms with Crippen molar-refractivity contribution in [2.75, 3.05) is 22.5 Å². The number of nitrogens with zero attached hydrogens (tertiary/aromatic N) is 1. The molecule has 9 heteroatoms. The Morgan fingerprint density at radius 1 is 0.882 bits per heavy atom. The van der Waals surface area contributed by atoms with Crippen LogP contribution in [-0.2, 0) is 11.2 Å². The number of amides is 2. The second-order valence-electron chi connectivity index (χ2n) is 7.56. The van der Waals surface area contributed by atoms with Gasteiger partial charge in [0, 0.05) is 22.8 Å². The highest BCUT2D eigenvalue weighted by atomic mass is 32.2. The molecule has 0 spiro atoms. The van der Waals surface area contributed by atoms with Gasteiger partial charge >= 0.3 is 11.9 Å². The van der Waals surface area contributed by atoms with Crippen LogP contribution in [0.15, 0.2) is 71.6 Å². The van der Waals surface area contributed by atoms with Crippen LogP contribution in [0.2, 0.25) is 0 Å². The number of hydrogen-bond donors (Lipinski definition) is 3. The summed E-state index contributed by atoms with van der Waals surface area (Å²) in [6, 6.07) is 18.0. The number of fused-ring (bicyclic) bond motifs is 1. The molecule has 0 aromatic heterocycles. The molecule has 3 aromatic rings. The maximum atomic E-state index is 12.7. The van der Waals surface area contributed by atoms with Crippen LogP contribution in [0, 0.1) is 0 Å². The minimum absolute atomic E-state index is 0.0262. The summed E-state index contributed by atoms with van der Waals surface area (Å²) in [7, 11) is 0. The van der Waals surface area contributed by atoms with Crippen molar-refractivity contribution in [3.05, 3.63) is 89.0 Å². The topological polar surface area (TPSA) is 124 Å². The van der Waals surface area contributed by atoms with Crippen LogP contribution < -0.4 is 10.2 Å². The molecule has 0 bridgehead atoms. The lowest BCUT2D eigenvalue weighted by Gasteiger charge is -2.17. The second kappa shape index (κ2) is 9.80. The largest absolute Gasteiger partial charge is 0.478 e. The molecule has 4 rings (SSSR count). The van der Waals surface area contributed by atoms with E-state index in [4.69, 9.17) is 5.11 Å². The molecule has 0 saturated heterocycles. The molecule has 3 N–H and O–H groups in total. The number of aromatic carboxylic acids is 2. The molecule has 1 aliphatic rings. The van der Waals surface area contributed by atoms with Crippen LogP contribution >= 0.6 is 11.8 Å². The van der Waals surface area contributed by atoms with Crippen molar-refractivity contribution < 1.29 is 29.4 Å². The lowest BCUT2D eigenvalue weighted by Crippen LogP contribution is -2.30. The van der Waals surface area contributed by atoms with E-state index in [9.17, 15) is 24.3 Å². The number of nitrogens with one attached hydrogen (secondary N) is 1. The van der Waals surface area contributed by atoms with Gasteiger partial charge in [-0.1, -0.05) is 18.2 Å². The smallest absolute Gasteiger partial charge is 0.336 e. The molecule has 0 radical (unpaired) electrons. The minimum atomic E-state index is -1.40. The van der Waals surface area contributed by atoms with E-state index in [1.165, 1.54) is 29.5 Å². The van der Waals surface area contributed by atoms with E-state index < -0.39 is 23.4 Å². The van der Waals surface area contributed by atoms with Gasteiger partial charge in [-0.15, -0.1) is 11.8 Å². The minimum Gasteiger partial charge on any atom is -0.478 e. The lowest BCUT2D eigenvalue weighted by molar-refractivity contribution is -0.116. The zero-order valence-electron chi connectivity index (χ0n) is 17.9. The van der Waals surface area contributed by atoms with E-state index in [0.717, 1.165) is 23.1 Å². The maximum Gasteiger partial charge on any atom is 0.336 e. The summed E-state index contributed by atoms with van der Waals surface area (Å²) in [4.78, 5) is 50.5. The van der Waals surface area contributed by atoms with Crippen molar-refractivity contribution in [2.45, 2.75) is 11.3 Å². The first-order valence-electron chi connectivity index (χ1n) is 10.4. The molecule has 0 saturated carbocycles. The SMILES string of the molecule is O=C(O)c1ccc(C(=O)Nc2ccc(SCC(=O)N3CCc4ccccc43)cc2)c(C(=O)O)c1. The van der Waals surface area contributed by atoms with E-state index in [1.54, 1.807) is 29.2 Å². The summed E-state index contributed by atoms with van der Waals surface area (Å²) in [6.45, 7) is 0.676. The average molecular weight is 477 g/mol. The fourth-order valence-electron chi connectivity index (χ4n) is 3.71. The average Bonchev–Trinajstić information content (AvgIpc) is 3.27. The van der Waals surface area contributed by atoms with E-state index >= 15 is 0 Å². The van der Waals surface area contributed by atoms with E-state index in [-0.39, 0.29) is 22.8 Å². The predicted molar refractivity (Wildman–Crippen MR) is 128 cm³/mol. The third-order valence-electron chi connectivity index (χ3n) is 5.40. The van der Waals surface area contributed by atoms with Gasteiger partial charge in [0.15, 0.2) is 0 Å². The molecule has 1 heterocycles. The van der Waals surface area contributed by atoms with Crippen LogP contribution in [0.4, 0.5) is 11.4 Å². The summed E-state index contributed by atoms with van der Waals surface area (Å²) in [5.74, 6) is -3.05. The first-order valence-corrected chi connectivity index (χ1v) is 11.3. The Balaban J connectivity index is 1.38. The molecule has 3 aromatic carbocycles. The number of hydrogen-bond acceptors (Lipinski definition) is 5. The highest BCUT2D eigenvalue weighted by molar-refractivity contribution is 8.00. The first kappa shape index (κ1) is 23.1. The number of rotatable bonds is 7. The Kier molecular flexibility index (Phi) is 6.65. The molecule has 2 amide bonds. The highest BCUT2D eigenvalue weighted by Crippen LogP contribution is 2.29. The number of carbonyl (C=O) groups is 4. The monoisotopic (exact) mass is 476 g/mol.